The predicted octanol–water partition coefficient (Wildman–Crippen LogP) is 7.66. The minimum atomic E-state index is -0.277. The molecule has 0 radical (unpaired) electrons. The molecule has 0 aliphatic carbocycles. The Labute approximate surface area is 190 Å². The van der Waals surface area contributed by atoms with Gasteiger partial charge in [-0.05, 0) is 49.1 Å². The molecule has 0 aliphatic heterocycles. The van der Waals surface area contributed by atoms with Crippen LogP contribution in [0.4, 0.5) is 0 Å². The van der Waals surface area contributed by atoms with Crippen LogP contribution in [0.15, 0.2) is 18.2 Å². The zero-order valence-corrected chi connectivity index (χ0v) is 20.5. The van der Waals surface area contributed by atoms with Crippen molar-refractivity contribution >= 4 is 11.9 Å². The molecule has 0 heterocycles. The zero-order valence-electron chi connectivity index (χ0n) is 20.5. The van der Waals surface area contributed by atoms with Crippen LogP contribution in [0.3, 0.4) is 0 Å². The second kappa shape index (κ2) is 15.9. The Bertz CT molecular complexity index is 649. The third-order valence-corrected chi connectivity index (χ3v) is 5.40. The quantitative estimate of drug-likeness (QED) is 0.153. The Balaban J connectivity index is 2.81. The molecular weight excluding hydrogens is 388 g/mol. The Hall–Kier alpha value is -1.84. The van der Waals surface area contributed by atoms with Gasteiger partial charge in [0.25, 0.3) is 0 Å². The number of hydrogen-bond acceptors (Lipinski definition) is 4. The summed E-state index contributed by atoms with van der Waals surface area (Å²) in [6.07, 6.45) is 11.7. The molecule has 0 N–H and O–H groups in total. The van der Waals surface area contributed by atoms with E-state index in [0.29, 0.717) is 36.2 Å². The van der Waals surface area contributed by atoms with Gasteiger partial charge < -0.3 is 9.47 Å². The van der Waals surface area contributed by atoms with Crippen LogP contribution in [0.1, 0.15) is 111 Å². The third-order valence-electron chi connectivity index (χ3n) is 5.40. The molecule has 31 heavy (non-hydrogen) atoms. The van der Waals surface area contributed by atoms with Gasteiger partial charge in [-0.2, -0.15) is 0 Å². The molecule has 0 spiro atoms. The zero-order chi connectivity index (χ0) is 23.1. The number of rotatable bonds is 16. The van der Waals surface area contributed by atoms with Gasteiger partial charge in [0.05, 0.1) is 0 Å². The van der Waals surface area contributed by atoms with Gasteiger partial charge in [0.1, 0.15) is 0 Å². The van der Waals surface area contributed by atoms with Gasteiger partial charge in [-0.25, -0.2) is 0 Å². The molecule has 0 fully saturated rings. The first kappa shape index (κ1) is 27.2. The molecule has 1 rings (SSSR count). The first-order chi connectivity index (χ1) is 14.8. The van der Waals surface area contributed by atoms with E-state index >= 15 is 0 Å². The van der Waals surface area contributed by atoms with Gasteiger partial charge in [-0.15, -0.1) is 0 Å². The van der Waals surface area contributed by atoms with Crippen molar-refractivity contribution in [1.82, 2.24) is 0 Å². The molecule has 0 saturated heterocycles. The van der Waals surface area contributed by atoms with Crippen LogP contribution in [-0.2, 0) is 16.0 Å². The number of ether oxygens (including phenoxy) is 2. The first-order valence-corrected chi connectivity index (χ1v) is 12.4. The van der Waals surface area contributed by atoms with Crippen molar-refractivity contribution in [3.63, 3.8) is 0 Å². The topological polar surface area (TPSA) is 52.6 Å². The first-order valence-electron chi connectivity index (χ1n) is 12.4. The number of carbonyl (C=O) groups excluding carboxylic acids is 2. The smallest absolute Gasteiger partial charge is 0.311 e. The molecule has 4 heteroatoms. The fourth-order valence-electron chi connectivity index (χ4n) is 3.38. The van der Waals surface area contributed by atoms with Crippen molar-refractivity contribution in [1.29, 1.82) is 0 Å². The number of carbonyl (C=O) groups is 2. The van der Waals surface area contributed by atoms with Crippen LogP contribution in [0.25, 0.3) is 0 Å². The van der Waals surface area contributed by atoms with Gasteiger partial charge in [-0.1, -0.05) is 85.3 Å². The van der Waals surface area contributed by atoms with Crippen molar-refractivity contribution in [3.05, 3.63) is 23.8 Å². The largest absolute Gasteiger partial charge is 0.423 e. The minimum Gasteiger partial charge on any atom is -0.423 e. The number of aryl methyl sites for hydroxylation is 1. The van der Waals surface area contributed by atoms with Crippen LogP contribution >= 0.6 is 0 Å². The van der Waals surface area contributed by atoms with Crippen LogP contribution in [0.2, 0.25) is 0 Å². The lowest BCUT2D eigenvalue weighted by atomic mass is 10.0. The lowest BCUT2D eigenvalue weighted by molar-refractivity contribution is -0.137. The van der Waals surface area contributed by atoms with Crippen LogP contribution in [0, 0.1) is 11.8 Å². The van der Waals surface area contributed by atoms with Crippen molar-refractivity contribution < 1.29 is 19.1 Å². The summed E-state index contributed by atoms with van der Waals surface area (Å²) in [6.45, 7) is 10.6. The van der Waals surface area contributed by atoms with Crippen molar-refractivity contribution in [2.75, 3.05) is 0 Å². The summed E-state index contributed by atoms with van der Waals surface area (Å²) in [7, 11) is 0. The third kappa shape index (κ3) is 12.6. The lowest BCUT2D eigenvalue weighted by Crippen LogP contribution is -2.14. The highest BCUT2D eigenvalue weighted by Crippen LogP contribution is 2.33. The molecular formula is C27H44O4. The summed E-state index contributed by atoms with van der Waals surface area (Å²) in [6, 6.07) is 5.59. The maximum Gasteiger partial charge on any atom is 0.311 e. The van der Waals surface area contributed by atoms with Crippen molar-refractivity contribution in [2.45, 2.75) is 112 Å². The van der Waals surface area contributed by atoms with Crippen LogP contribution in [0.5, 0.6) is 11.5 Å². The minimum absolute atomic E-state index is 0.264. The predicted molar refractivity (Wildman–Crippen MR) is 128 cm³/mol. The number of unbranched alkanes of at least 4 members (excludes halogenated alkanes) is 6. The average molecular weight is 433 g/mol. The van der Waals surface area contributed by atoms with E-state index in [2.05, 4.69) is 34.6 Å². The average Bonchev–Trinajstić information content (AvgIpc) is 2.72. The molecule has 4 nitrogen and oxygen atoms in total. The molecule has 0 aromatic heterocycles. The Morgan fingerprint density at radius 1 is 0.774 bits per heavy atom. The number of hydrogen-bond donors (Lipinski definition) is 0. The number of para-hydroxylation sites is 1. The summed E-state index contributed by atoms with van der Waals surface area (Å²) in [5.41, 5.74) is 0.945. The van der Waals surface area contributed by atoms with Crippen molar-refractivity contribution in [2.24, 2.45) is 11.8 Å². The van der Waals surface area contributed by atoms with E-state index in [-0.39, 0.29) is 11.9 Å². The molecule has 1 aromatic rings. The number of esters is 2. The SMILES string of the molecule is CCCCCCCCCc1cccc(OC(=O)CCC(C)C)c1OC(=O)CCC(C)C. The van der Waals surface area contributed by atoms with Gasteiger partial charge >= 0.3 is 11.9 Å². The molecule has 0 bridgehead atoms. The summed E-state index contributed by atoms with van der Waals surface area (Å²) < 4.78 is 11.4. The van der Waals surface area contributed by atoms with E-state index in [1.54, 1.807) is 6.07 Å². The molecule has 0 aliphatic rings. The van der Waals surface area contributed by atoms with Crippen LogP contribution in [-0.4, -0.2) is 11.9 Å². The van der Waals surface area contributed by atoms with Gasteiger partial charge in [-0.3, -0.25) is 9.59 Å². The molecule has 0 unspecified atom stereocenters. The van der Waals surface area contributed by atoms with Gasteiger partial charge in [0, 0.05) is 12.8 Å². The molecule has 0 saturated carbocycles. The molecule has 1 aromatic carbocycles. The van der Waals surface area contributed by atoms with Crippen LogP contribution < -0.4 is 9.47 Å². The standard InChI is InChI=1S/C27H44O4/c1-6-7-8-9-10-11-12-14-23-15-13-16-24(30-25(28)19-17-21(2)3)27(23)31-26(29)20-18-22(4)5/h13,15-16,21-22H,6-12,14,17-20H2,1-5H3. The van der Waals surface area contributed by atoms with Gasteiger partial charge in [0.2, 0.25) is 0 Å². The highest BCUT2D eigenvalue weighted by molar-refractivity contribution is 5.76. The normalized spacial score (nSPS) is 11.2. The maximum absolute atomic E-state index is 12.4. The van der Waals surface area contributed by atoms with E-state index in [0.717, 1.165) is 37.7 Å². The summed E-state index contributed by atoms with van der Waals surface area (Å²) in [5, 5.41) is 0. The Kier molecular flexibility index (Phi) is 13.9. The summed E-state index contributed by atoms with van der Waals surface area (Å²) in [4.78, 5) is 24.7. The molecule has 0 atom stereocenters. The Morgan fingerprint density at radius 3 is 1.90 bits per heavy atom. The van der Waals surface area contributed by atoms with E-state index < -0.39 is 0 Å². The second-order valence-corrected chi connectivity index (χ2v) is 9.43. The fraction of sp³-hybridized carbons (Fsp3) is 0.704. The monoisotopic (exact) mass is 432 g/mol. The maximum atomic E-state index is 12.4. The van der Waals surface area contributed by atoms with E-state index in [1.165, 1.54) is 32.1 Å². The fourth-order valence-corrected chi connectivity index (χ4v) is 3.38. The second-order valence-electron chi connectivity index (χ2n) is 9.43. The summed E-state index contributed by atoms with van der Waals surface area (Å²) in [5.74, 6) is 1.13. The van der Waals surface area contributed by atoms with E-state index in [9.17, 15) is 9.59 Å². The van der Waals surface area contributed by atoms with Gasteiger partial charge in [0.15, 0.2) is 11.5 Å². The highest BCUT2D eigenvalue weighted by Gasteiger charge is 2.18. The highest BCUT2D eigenvalue weighted by atomic mass is 16.6. The molecule has 0 amide bonds. The van der Waals surface area contributed by atoms with E-state index in [4.69, 9.17) is 9.47 Å². The summed E-state index contributed by atoms with van der Waals surface area (Å²) >= 11 is 0. The lowest BCUT2D eigenvalue weighted by Gasteiger charge is -2.15. The van der Waals surface area contributed by atoms with Crippen molar-refractivity contribution in [3.8, 4) is 11.5 Å². The molecule has 176 valence electrons. The Morgan fingerprint density at radius 2 is 1.32 bits per heavy atom. The van der Waals surface area contributed by atoms with E-state index in [1.807, 2.05) is 12.1 Å². The number of benzene rings is 1.